The lowest BCUT2D eigenvalue weighted by molar-refractivity contribution is 0.698. The molecule has 2 heteroatoms. The van der Waals surface area contributed by atoms with Crippen LogP contribution in [-0.4, -0.2) is 24.2 Å². The van der Waals surface area contributed by atoms with Crippen molar-refractivity contribution in [1.82, 2.24) is 4.31 Å². The smallest absolute Gasteiger partial charge is 0.00805 e. The van der Waals surface area contributed by atoms with Gasteiger partial charge in [-0.15, -0.1) is 0 Å². The molecule has 0 aromatic heterocycles. The van der Waals surface area contributed by atoms with E-state index in [1.165, 1.54) is 18.6 Å². The van der Waals surface area contributed by atoms with Gasteiger partial charge in [-0.25, -0.2) is 0 Å². The number of hydrogen-bond donors (Lipinski definition) is 0. The molecule has 0 aromatic rings. The SMILES string of the molecule is CCCCSN(C)C. The minimum absolute atomic E-state index is 1.27. The minimum Gasteiger partial charge on any atom is -0.257 e. The van der Waals surface area contributed by atoms with Gasteiger partial charge in [-0.1, -0.05) is 25.3 Å². The van der Waals surface area contributed by atoms with Gasteiger partial charge in [-0.05, 0) is 20.5 Å². The van der Waals surface area contributed by atoms with Gasteiger partial charge >= 0.3 is 0 Å². The first kappa shape index (κ1) is 8.31. The van der Waals surface area contributed by atoms with E-state index < -0.39 is 0 Å². The van der Waals surface area contributed by atoms with Gasteiger partial charge in [0.1, 0.15) is 0 Å². The average molecular weight is 133 g/mol. The molecular formula is C6H15NS. The van der Waals surface area contributed by atoms with Crippen molar-refractivity contribution in [3.63, 3.8) is 0 Å². The predicted octanol–water partition coefficient (Wildman–Crippen LogP) is 2.00. The number of hydrogen-bond acceptors (Lipinski definition) is 2. The molecular weight excluding hydrogens is 118 g/mol. The summed E-state index contributed by atoms with van der Waals surface area (Å²) < 4.78 is 2.15. The van der Waals surface area contributed by atoms with Crippen LogP contribution in [0.25, 0.3) is 0 Å². The lowest BCUT2D eigenvalue weighted by Crippen LogP contribution is -2.00. The summed E-state index contributed by atoms with van der Waals surface area (Å²) in [5, 5.41) is 0. The van der Waals surface area contributed by atoms with Gasteiger partial charge in [-0.3, -0.25) is 4.31 Å². The van der Waals surface area contributed by atoms with E-state index in [0.29, 0.717) is 0 Å². The third kappa shape index (κ3) is 6.31. The molecule has 0 amide bonds. The van der Waals surface area contributed by atoms with Crippen LogP contribution in [0, 0.1) is 0 Å². The molecule has 50 valence electrons. The Morgan fingerprint density at radius 2 is 2.00 bits per heavy atom. The second-order valence-electron chi connectivity index (χ2n) is 2.00. The molecule has 8 heavy (non-hydrogen) atoms. The lowest BCUT2D eigenvalue weighted by atomic mass is 10.4. The molecule has 0 saturated carbocycles. The van der Waals surface area contributed by atoms with Gasteiger partial charge in [0.25, 0.3) is 0 Å². The summed E-state index contributed by atoms with van der Waals surface area (Å²) in [6, 6.07) is 0. The Morgan fingerprint density at radius 1 is 1.38 bits per heavy atom. The Kier molecular flexibility index (Phi) is 5.66. The van der Waals surface area contributed by atoms with Crippen molar-refractivity contribution in [3.8, 4) is 0 Å². The fourth-order valence-electron chi connectivity index (χ4n) is 0.391. The third-order valence-corrected chi connectivity index (χ3v) is 1.84. The Labute approximate surface area is 56.6 Å². The largest absolute Gasteiger partial charge is 0.257 e. The van der Waals surface area contributed by atoms with E-state index in [2.05, 4.69) is 25.3 Å². The Balaban J connectivity index is 2.72. The molecule has 0 fully saturated rings. The van der Waals surface area contributed by atoms with Crippen LogP contribution >= 0.6 is 11.9 Å². The van der Waals surface area contributed by atoms with Crippen molar-refractivity contribution in [2.75, 3.05) is 19.8 Å². The number of nitrogens with zero attached hydrogens (tertiary/aromatic N) is 1. The molecule has 0 aliphatic heterocycles. The highest BCUT2D eigenvalue weighted by atomic mass is 32.2. The predicted molar refractivity (Wildman–Crippen MR) is 41.1 cm³/mol. The number of rotatable bonds is 4. The van der Waals surface area contributed by atoms with E-state index in [1.54, 1.807) is 0 Å². The van der Waals surface area contributed by atoms with E-state index in [9.17, 15) is 0 Å². The second kappa shape index (κ2) is 5.45. The van der Waals surface area contributed by atoms with Crippen LogP contribution in [0.2, 0.25) is 0 Å². The highest BCUT2D eigenvalue weighted by Gasteiger charge is 1.87. The average Bonchev–Trinajstić information content (AvgIpc) is 1.66. The van der Waals surface area contributed by atoms with Crippen molar-refractivity contribution in [2.45, 2.75) is 19.8 Å². The maximum absolute atomic E-state index is 2.22. The fraction of sp³-hybridized carbons (Fsp3) is 1.00. The molecule has 0 aliphatic rings. The fourth-order valence-corrected chi connectivity index (χ4v) is 1.17. The Hall–Kier alpha value is 0.310. The van der Waals surface area contributed by atoms with Gasteiger partial charge < -0.3 is 0 Å². The van der Waals surface area contributed by atoms with Gasteiger partial charge in [0.15, 0.2) is 0 Å². The van der Waals surface area contributed by atoms with Gasteiger partial charge in [-0.2, -0.15) is 0 Å². The topological polar surface area (TPSA) is 3.24 Å². The van der Waals surface area contributed by atoms with Crippen molar-refractivity contribution in [2.24, 2.45) is 0 Å². The normalized spacial score (nSPS) is 10.5. The third-order valence-electron chi connectivity index (χ3n) is 0.847. The molecule has 0 saturated heterocycles. The molecule has 0 radical (unpaired) electrons. The molecule has 0 bridgehead atoms. The van der Waals surface area contributed by atoms with Crippen LogP contribution in [-0.2, 0) is 0 Å². The summed E-state index contributed by atoms with van der Waals surface area (Å²) in [5.41, 5.74) is 0. The van der Waals surface area contributed by atoms with E-state index in [0.717, 1.165) is 0 Å². The molecule has 0 rings (SSSR count). The summed E-state index contributed by atoms with van der Waals surface area (Å²) >= 11 is 1.89. The highest BCUT2D eigenvalue weighted by Crippen LogP contribution is 2.05. The van der Waals surface area contributed by atoms with Crippen LogP contribution in [0.15, 0.2) is 0 Å². The lowest BCUT2D eigenvalue weighted by Gasteiger charge is -2.05. The summed E-state index contributed by atoms with van der Waals surface area (Å²) in [6.45, 7) is 2.22. The summed E-state index contributed by atoms with van der Waals surface area (Å²) in [7, 11) is 4.17. The summed E-state index contributed by atoms with van der Waals surface area (Å²) in [6.07, 6.45) is 2.64. The molecule has 0 N–H and O–H groups in total. The monoisotopic (exact) mass is 133 g/mol. The van der Waals surface area contributed by atoms with E-state index in [1.807, 2.05) is 11.9 Å². The zero-order valence-electron chi connectivity index (χ0n) is 5.98. The molecule has 0 atom stereocenters. The van der Waals surface area contributed by atoms with Crippen LogP contribution in [0.3, 0.4) is 0 Å². The first-order valence-corrected chi connectivity index (χ1v) is 4.02. The van der Waals surface area contributed by atoms with Crippen LogP contribution in [0.1, 0.15) is 19.8 Å². The molecule has 0 aromatic carbocycles. The minimum atomic E-state index is 1.27. The van der Waals surface area contributed by atoms with Crippen molar-refractivity contribution >= 4 is 11.9 Å². The quantitative estimate of drug-likeness (QED) is 0.426. The summed E-state index contributed by atoms with van der Waals surface area (Å²) in [4.78, 5) is 0. The molecule has 0 heterocycles. The van der Waals surface area contributed by atoms with Gasteiger partial charge in [0.05, 0.1) is 0 Å². The van der Waals surface area contributed by atoms with Crippen molar-refractivity contribution in [1.29, 1.82) is 0 Å². The van der Waals surface area contributed by atoms with Crippen LogP contribution in [0.4, 0.5) is 0 Å². The Morgan fingerprint density at radius 3 is 2.38 bits per heavy atom. The Bertz CT molecular complexity index is 45.8. The highest BCUT2D eigenvalue weighted by molar-refractivity contribution is 7.96. The zero-order chi connectivity index (χ0) is 6.41. The standard InChI is InChI=1S/C6H15NS/c1-4-5-6-8-7(2)3/h4-6H2,1-3H3. The molecule has 0 spiro atoms. The number of unbranched alkanes of at least 4 members (excludes halogenated alkanes) is 1. The zero-order valence-corrected chi connectivity index (χ0v) is 6.79. The second-order valence-corrected chi connectivity index (χ2v) is 3.40. The van der Waals surface area contributed by atoms with Crippen molar-refractivity contribution < 1.29 is 0 Å². The molecule has 1 nitrogen and oxygen atoms in total. The summed E-state index contributed by atoms with van der Waals surface area (Å²) in [5.74, 6) is 1.27. The van der Waals surface area contributed by atoms with Crippen molar-refractivity contribution in [3.05, 3.63) is 0 Å². The maximum Gasteiger partial charge on any atom is 0.00805 e. The van der Waals surface area contributed by atoms with Gasteiger partial charge in [0.2, 0.25) is 0 Å². The van der Waals surface area contributed by atoms with Gasteiger partial charge in [0, 0.05) is 5.75 Å². The van der Waals surface area contributed by atoms with Crippen LogP contribution in [0.5, 0.6) is 0 Å². The van der Waals surface area contributed by atoms with Crippen LogP contribution < -0.4 is 0 Å². The first-order valence-electron chi connectivity index (χ1n) is 3.07. The molecule has 0 aliphatic carbocycles. The first-order chi connectivity index (χ1) is 3.77. The maximum atomic E-state index is 2.22. The van der Waals surface area contributed by atoms with E-state index in [4.69, 9.17) is 0 Å². The van der Waals surface area contributed by atoms with E-state index in [-0.39, 0.29) is 0 Å². The van der Waals surface area contributed by atoms with E-state index >= 15 is 0 Å². The molecule has 0 unspecified atom stereocenters.